The predicted octanol–water partition coefficient (Wildman–Crippen LogP) is 3.20. The Labute approximate surface area is 186 Å². The van der Waals surface area contributed by atoms with Gasteiger partial charge in [-0.15, -0.1) is 0 Å². The highest BCUT2D eigenvalue weighted by molar-refractivity contribution is 5.98. The molecule has 168 valence electrons. The Balaban J connectivity index is 0.000000182. The predicted molar refractivity (Wildman–Crippen MR) is 120 cm³/mol. The lowest BCUT2D eigenvalue weighted by molar-refractivity contribution is -0.119. The van der Waals surface area contributed by atoms with E-state index in [1.807, 2.05) is 13.0 Å². The summed E-state index contributed by atoms with van der Waals surface area (Å²) >= 11 is 0. The van der Waals surface area contributed by atoms with Crippen molar-refractivity contribution < 1.29 is 28.7 Å². The van der Waals surface area contributed by atoms with Crippen LogP contribution >= 0.6 is 0 Å². The average molecular weight is 438 g/mol. The smallest absolute Gasteiger partial charge is 0.227 e. The number of nitrogens with one attached hydrogen (secondary N) is 1. The molecule has 8 nitrogen and oxygen atoms in total. The van der Waals surface area contributed by atoms with Gasteiger partial charge in [-0.2, -0.15) is 0 Å². The number of aryl methyl sites for hydroxylation is 2. The molecular weight excluding hydrogens is 412 g/mol. The molecule has 2 aromatic carbocycles. The molecule has 0 unspecified atom stereocenters. The van der Waals surface area contributed by atoms with Crippen molar-refractivity contribution in [1.82, 2.24) is 0 Å². The van der Waals surface area contributed by atoms with Gasteiger partial charge < -0.3 is 19.7 Å². The van der Waals surface area contributed by atoms with Gasteiger partial charge in [-0.05, 0) is 55.2 Å². The van der Waals surface area contributed by atoms with E-state index < -0.39 is 0 Å². The molecule has 1 N–H and O–H groups in total. The monoisotopic (exact) mass is 438 g/mol. The molecule has 0 aliphatic carbocycles. The molecule has 2 amide bonds. The molecule has 0 bridgehead atoms. The van der Waals surface area contributed by atoms with Crippen molar-refractivity contribution in [2.75, 3.05) is 31.0 Å². The van der Waals surface area contributed by atoms with Crippen molar-refractivity contribution in [2.24, 2.45) is 0 Å². The number of amides is 2. The van der Waals surface area contributed by atoms with Gasteiger partial charge in [0.1, 0.15) is 11.5 Å². The van der Waals surface area contributed by atoms with Crippen LogP contribution in [0.2, 0.25) is 0 Å². The molecule has 8 heteroatoms. The second-order valence-electron chi connectivity index (χ2n) is 7.40. The van der Waals surface area contributed by atoms with Crippen molar-refractivity contribution >= 4 is 35.8 Å². The van der Waals surface area contributed by atoms with Crippen molar-refractivity contribution in [3.8, 4) is 11.5 Å². The van der Waals surface area contributed by atoms with Gasteiger partial charge >= 0.3 is 0 Å². The van der Waals surface area contributed by atoms with Crippen LogP contribution in [0, 0.1) is 0 Å². The summed E-state index contributed by atoms with van der Waals surface area (Å²) in [7, 11) is 3.07. The number of carbonyl (C=O) groups is 4. The Hall–Kier alpha value is -3.68. The van der Waals surface area contributed by atoms with Crippen LogP contribution in [0.15, 0.2) is 24.3 Å². The van der Waals surface area contributed by atoms with E-state index in [-0.39, 0.29) is 11.8 Å². The SMILES string of the molecule is CCN1C(=O)CCc2cc(OC)c(C=O)cc21.COc1cc2c(cc1C=O)NC(=O)CC2. The fourth-order valence-electron chi connectivity index (χ4n) is 3.90. The van der Waals surface area contributed by atoms with Gasteiger partial charge in [0.15, 0.2) is 12.6 Å². The topological polar surface area (TPSA) is 102 Å². The van der Waals surface area contributed by atoms with E-state index in [1.54, 1.807) is 30.2 Å². The summed E-state index contributed by atoms with van der Waals surface area (Å²) in [5.41, 5.74) is 4.57. The molecule has 4 rings (SSSR count). The minimum absolute atomic E-state index is 0.00971. The standard InChI is InChI=1S/C13H15NO3.C11H11NO3/c1-3-14-11-6-10(8-15)12(17-2)7-9(11)4-5-13(14)16;1-15-10-5-7-2-3-11(14)12-9(7)4-8(10)6-13/h6-8H,3-5H2,1-2H3;4-6H,2-3H2,1H3,(H,12,14). The number of rotatable bonds is 5. The second-order valence-corrected chi connectivity index (χ2v) is 7.40. The molecule has 0 aromatic heterocycles. The highest BCUT2D eigenvalue weighted by atomic mass is 16.5. The molecule has 2 heterocycles. The Kier molecular flexibility index (Phi) is 7.25. The summed E-state index contributed by atoms with van der Waals surface area (Å²) in [4.78, 5) is 46.3. The number of aldehydes is 2. The fraction of sp³-hybridized carbons (Fsp3) is 0.333. The zero-order chi connectivity index (χ0) is 23.3. The molecule has 0 saturated carbocycles. The zero-order valence-corrected chi connectivity index (χ0v) is 18.4. The summed E-state index contributed by atoms with van der Waals surface area (Å²) < 4.78 is 10.2. The number of hydrogen-bond acceptors (Lipinski definition) is 6. The largest absolute Gasteiger partial charge is 0.496 e. The first-order chi connectivity index (χ1) is 15.4. The third-order valence-corrected chi connectivity index (χ3v) is 5.55. The molecule has 2 aliphatic rings. The first kappa shape index (κ1) is 23.0. The summed E-state index contributed by atoms with van der Waals surface area (Å²) in [6.45, 7) is 2.55. The number of methoxy groups -OCH3 is 2. The van der Waals surface area contributed by atoms with Crippen molar-refractivity contribution in [2.45, 2.75) is 32.6 Å². The van der Waals surface area contributed by atoms with Crippen LogP contribution in [0.3, 0.4) is 0 Å². The van der Waals surface area contributed by atoms with Crippen LogP contribution in [0.4, 0.5) is 11.4 Å². The van der Waals surface area contributed by atoms with E-state index in [0.29, 0.717) is 60.5 Å². The molecule has 32 heavy (non-hydrogen) atoms. The van der Waals surface area contributed by atoms with E-state index in [2.05, 4.69) is 5.32 Å². The number of hydrogen-bond donors (Lipinski definition) is 1. The first-order valence-electron chi connectivity index (χ1n) is 10.4. The summed E-state index contributed by atoms with van der Waals surface area (Å²) in [5, 5.41) is 2.73. The van der Waals surface area contributed by atoms with Gasteiger partial charge in [0.25, 0.3) is 0 Å². The number of benzene rings is 2. The van der Waals surface area contributed by atoms with E-state index in [4.69, 9.17) is 9.47 Å². The minimum Gasteiger partial charge on any atom is -0.496 e. The van der Waals surface area contributed by atoms with Gasteiger partial charge in [0.05, 0.1) is 25.3 Å². The Morgan fingerprint density at radius 2 is 1.47 bits per heavy atom. The Bertz CT molecular complexity index is 1060. The molecule has 2 aliphatic heterocycles. The van der Waals surface area contributed by atoms with E-state index >= 15 is 0 Å². The van der Waals surface area contributed by atoms with Gasteiger partial charge in [0, 0.05) is 30.8 Å². The van der Waals surface area contributed by atoms with E-state index in [9.17, 15) is 19.2 Å². The van der Waals surface area contributed by atoms with Crippen LogP contribution in [0.1, 0.15) is 51.6 Å². The van der Waals surface area contributed by atoms with Crippen LogP contribution < -0.4 is 19.7 Å². The lowest BCUT2D eigenvalue weighted by atomic mass is 9.98. The summed E-state index contributed by atoms with van der Waals surface area (Å²) in [6, 6.07) is 7.05. The van der Waals surface area contributed by atoms with Crippen LogP contribution in [0.5, 0.6) is 11.5 Å². The number of fused-ring (bicyclic) bond motifs is 2. The van der Waals surface area contributed by atoms with Gasteiger partial charge in [-0.25, -0.2) is 0 Å². The third kappa shape index (κ3) is 4.64. The summed E-state index contributed by atoms with van der Waals surface area (Å²) in [5.74, 6) is 1.23. The number of carbonyl (C=O) groups excluding carboxylic acids is 4. The lowest BCUT2D eigenvalue weighted by Gasteiger charge is -2.29. The number of nitrogens with zero attached hydrogens (tertiary/aromatic N) is 1. The molecule has 0 atom stereocenters. The summed E-state index contributed by atoms with van der Waals surface area (Å²) in [6.07, 6.45) is 3.88. The quantitative estimate of drug-likeness (QED) is 0.720. The zero-order valence-electron chi connectivity index (χ0n) is 18.4. The second kappa shape index (κ2) is 10.1. The molecule has 0 fully saturated rings. The van der Waals surface area contributed by atoms with Crippen molar-refractivity contribution in [3.63, 3.8) is 0 Å². The third-order valence-electron chi connectivity index (χ3n) is 5.55. The van der Waals surface area contributed by atoms with Crippen LogP contribution in [-0.4, -0.2) is 45.2 Å². The highest BCUT2D eigenvalue weighted by Crippen LogP contribution is 2.33. The number of anilines is 2. The maximum Gasteiger partial charge on any atom is 0.227 e. The number of ether oxygens (including phenoxy) is 2. The molecule has 0 spiro atoms. The normalized spacial score (nSPS) is 14.3. The van der Waals surface area contributed by atoms with Crippen molar-refractivity contribution in [1.29, 1.82) is 0 Å². The average Bonchev–Trinajstić information content (AvgIpc) is 2.82. The van der Waals surface area contributed by atoms with Crippen LogP contribution in [-0.2, 0) is 22.4 Å². The minimum atomic E-state index is -0.00971. The maximum atomic E-state index is 11.7. The highest BCUT2D eigenvalue weighted by Gasteiger charge is 2.24. The Morgan fingerprint density at radius 3 is 2.06 bits per heavy atom. The molecule has 0 radical (unpaired) electrons. The lowest BCUT2D eigenvalue weighted by Crippen LogP contribution is -2.34. The fourth-order valence-corrected chi connectivity index (χ4v) is 3.90. The van der Waals surface area contributed by atoms with Gasteiger partial charge in [0.2, 0.25) is 11.8 Å². The van der Waals surface area contributed by atoms with E-state index in [0.717, 1.165) is 29.4 Å². The van der Waals surface area contributed by atoms with Gasteiger partial charge in [-0.1, -0.05) is 0 Å². The van der Waals surface area contributed by atoms with Crippen molar-refractivity contribution in [3.05, 3.63) is 46.5 Å². The maximum absolute atomic E-state index is 11.7. The molecular formula is C24H26N2O6. The Morgan fingerprint density at radius 1 is 0.875 bits per heavy atom. The van der Waals surface area contributed by atoms with Gasteiger partial charge in [-0.3, -0.25) is 19.2 Å². The van der Waals surface area contributed by atoms with Crippen LogP contribution in [0.25, 0.3) is 0 Å². The molecule has 0 saturated heterocycles. The molecule has 2 aromatic rings. The first-order valence-corrected chi connectivity index (χ1v) is 10.4. The van der Waals surface area contributed by atoms with E-state index in [1.165, 1.54) is 7.11 Å².